The Morgan fingerprint density at radius 2 is 2.00 bits per heavy atom. The molecule has 0 fully saturated rings. The van der Waals surface area contributed by atoms with Gasteiger partial charge in [0.2, 0.25) is 0 Å². The molecule has 0 radical (unpaired) electrons. The van der Waals surface area contributed by atoms with Crippen molar-refractivity contribution in [3.63, 3.8) is 0 Å². The number of methoxy groups -OCH3 is 1. The summed E-state index contributed by atoms with van der Waals surface area (Å²) in [5.74, 6) is 6.65. The van der Waals surface area contributed by atoms with Gasteiger partial charge in [-0.15, -0.1) is 11.3 Å². The Hall–Kier alpha value is -1.36. The molecule has 108 valence electrons. The Morgan fingerprint density at radius 3 is 2.60 bits per heavy atom. The van der Waals surface area contributed by atoms with Crippen molar-refractivity contribution in [3.8, 4) is 5.75 Å². The van der Waals surface area contributed by atoms with Gasteiger partial charge in [-0.05, 0) is 31.5 Å². The van der Waals surface area contributed by atoms with E-state index in [0.717, 1.165) is 24.2 Å². The van der Waals surface area contributed by atoms with Crippen LogP contribution in [0.15, 0.2) is 30.3 Å². The van der Waals surface area contributed by atoms with E-state index in [0.29, 0.717) is 0 Å². The largest absolute Gasteiger partial charge is 0.496 e. The molecule has 1 unspecified atom stereocenters. The molecule has 2 aromatic rings. The standard InChI is InChI=1S/C16H22N2OS/c1-4-12-6-7-13(20-12)10-15(18-17)14-9-11(2)5-8-16(14)19-3/h5-9,15,18H,4,10,17H2,1-3H3. The summed E-state index contributed by atoms with van der Waals surface area (Å²) in [6.07, 6.45) is 1.96. The number of aryl methyl sites for hydroxylation is 2. The maximum atomic E-state index is 5.76. The normalized spacial score (nSPS) is 12.4. The number of hydrogen-bond donors (Lipinski definition) is 2. The number of benzene rings is 1. The molecule has 1 aromatic carbocycles. The second-order valence-electron chi connectivity index (χ2n) is 4.89. The Balaban J connectivity index is 2.25. The van der Waals surface area contributed by atoms with Crippen molar-refractivity contribution in [3.05, 3.63) is 51.2 Å². The van der Waals surface area contributed by atoms with Crippen LogP contribution >= 0.6 is 11.3 Å². The monoisotopic (exact) mass is 290 g/mol. The summed E-state index contributed by atoms with van der Waals surface area (Å²) in [6.45, 7) is 4.26. The van der Waals surface area contributed by atoms with Crippen molar-refractivity contribution >= 4 is 11.3 Å². The fraction of sp³-hybridized carbons (Fsp3) is 0.375. The Morgan fingerprint density at radius 1 is 1.25 bits per heavy atom. The van der Waals surface area contributed by atoms with Crippen LogP contribution in [0.2, 0.25) is 0 Å². The molecule has 0 spiro atoms. The average molecular weight is 290 g/mol. The molecular weight excluding hydrogens is 268 g/mol. The van der Waals surface area contributed by atoms with E-state index < -0.39 is 0 Å². The van der Waals surface area contributed by atoms with Crippen LogP contribution in [0.3, 0.4) is 0 Å². The molecule has 0 aliphatic heterocycles. The first-order chi connectivity index (χ1) is 9.67. The number of nitrogens with one attached hydrogen (secondary N) is 1. The zero-order valence-electron chi connectivity index (χ0n) is 12.3. The summed E-state index contributed by atoms with van der Waals surface area (Å²) in [5, 5.41) is 0. The molecule has 20 heavy (non-hydrogen) atoms. The molecule has 2 rings (SSSR count). The van der Waals surface area contributed by atoms with Crippen molar-refractivity contribution < 1.29 is 4.74 Å². The van der Waals surface area contributed by atoms with Crippen LogP contribution in [-0.2, 0) is 12.8 Å². The lowest BCUT2D eigenvalue weighted by molar-refractivity contribution is 0.399. The van der Waals surface area contributed by atoms with E-state index >= 15 is 0 Å². The molecule has 1 aromatic heterocycles. The first-order valence-corrected chi connectivity index (χ1v) is 7.67. The Labute approximate surface area is 124 Å². The molecule has 0 amide bonds. The molecule has 1 heterocycles. The first-order valence-electron chi connectivity index (χ1n) is 6.86. The summed E-state index contributed by atoms with van der Waals surface area (Å²) < 4.78 is 5.46. The Bertz CT molecular complexity index is 565. The van der Waals surface area contributed by atoms with E-state index in [1.807, 2.05) is 17.4 Å². The smallest absolute Gasteiger partial charge is 0.123 e. The number of hydrogen-bond acceptors (Lipinski definition) is 4. The van der Waals surface area contributed by atoms with Crippen LogP contribution in [0, 0.1) is 6.92 Å². The number of thiophene rings is 1. The van der Waals surface area contributed by atoms with Gasteiger partial charge in [0, 0.05) is 21.7 Å². The molecule has 0 aliphatic carbocycles. The summed E-state index contributed by atoms with van der Waals surface area (Å²) >= 11 is 1.85. The first kappa shape index (κ1) is 15.0. The topological polar surface area (TPSA) is 47.3 Å². The number of ether oxygens (including phenoxy) is 1. The van der Waals surface area contributed by atoms with E-state index in [2.05, 4.69) is 43.5 Å². The predicted molar refractivity (Wildman–Crippen MR) is 85.2 cm³/mol. The van der Waals surface area contributed by atoms with Gasteiger partial charge in [0.25, 0.3) is 0 Å². The SMILES string of the molecule is CCc1ccc(CC(NN)c2cc(C)ccc2OC)s1. The second kappa shape index (κ2) is 6.88. The molecule has 0 bridgehead atoms. The molecule has 1 atom stereocenters. The lowest BCUT2D eigenvalue weighted by atomic mass is 10.0. The van der Waals surface area contributed by atoms with Crippen molar-refractivity contribution in [2.75, 3.05) is 7.11 Å². The lowest BCUT2D eigenvalue weighted by Gasteiger charge is -2.19. The Kier molecular flexibility index (Phi) is 5.17. The minimum Gasteiger partial charge on any atom is -0.496 e. The van der Waals surface area contributed by atoms with Crippen LogP contribution in [-0.4, -0.2) is 7.11 Å². The molecular formula is C16H22N2OS. The van der Waals surface area contributed by atoms with Gasteiger partial charge >= 0.3 is 0 Å². The van der Waals surface area contributed by atoms with Gasteiger partial charge < -0.3 is 4.74 Å². The minimum absolute atomic E-state index is 0.0632. The van der Waals surface area contributed by atoms with Crippen LogP contribution in [0.4, 0.5) is 0 Å². The van der Waals surface area contributed by atoms with Gasteiger partial charge in [-0.1, -0.05) is 24.6 Å². The van der Waals surface area contributed by atoms with Crippen LogP contribution in [0.25, 0.3) is 0 Å². The molecule has 3 nitrogen and oxygen atoms in total. The van der Waals surface area contributed by atoms with Gasteiger partial charge in [0.1, 0.15) is 5.75 Å². The number of hydrazine groups is 1. The van der Waals surface area contributed by atoms with E-state index in [1.165, 1.54) is 15.3 Å². The molecule has 0 saturated carbocycles. The highest BCUT2D eigenvalue weighted by Crippen LogP contribution is 2.30. The molecule has 3 N–H and O–H groups in total. The summed E-state index contributed by atoms with van der Waals surface area (Å²) in [7, 11) is 1.70. The van der Waals surface area contributed by atoms with Crippen molar-refractivity contribution in [1.29, 1.82) is 0 Å². The summed E-state index contributed by atoms with van der Waals surface area (Å²) in [6, 6.07) is 10.6. The molecule has 4 heteroatoms. The fourth-order valence-corrected chi connectivity index (χ4v) is 3.31. The second-order valence-corrected chi connectivity index (χ2v) is 6.14. The lowest BCUT2D eigenvalue weighted by Crippen LogP contribution is -2.29. The average Bonchev–Trinajstić information content (AvgIpc) is 2.92. The van der Waals surface area contributed by atoms with Crippen molar-refractivity contribution in [2.24, 2.45) is 5.84 Å². The van der Waals surface area contributed by atoms with Crippen molar-refractivity contribution in [1.82, 2.24) is 5.43 Å². The highest BCUT2D eigenvalue weighted by Gasteiger charge is 2.16. The van der Waals surface area contributed by atoms with Gasteiger partial charge in [0.05, 0.1) is 13.2 Å². The quantitative estimate of drug-likeness (QED) is 0.633. The predicted octanol–water partition coefficient (Wildman–Crippen LogP) is 3.37. The number of rotatable bonds is 6. The minimum atomic E-state index is 0.0632. The van der Waals surface area contributed by atoms with E-state index in [-0.39, 0.29) is 6.04 Å². The molecule has 0 saturated heterocycles. The van der Waals surface area contributed by atoms with Gasteiger partial charge in [-0.2, -0.15) is 0 Å². The van der Waals surface area contributed by atoms with Crippen molar-refractivity contribution in [2.45, 2.75) is 32.7 Å². The highest BCUT2D eigenvalue weighted by atomic mass is 32.1. The van der Waals surface area contributed by atoms with E-state index in [4.69, 9.17) is 10.6 Å². The maximum Gasteiger partial charge on any atom is 0.123 e. The number of nitrogens with two attached hydrogens (primary N) is 1. The fourth-order valence-electron chi connectivity index (χ4n) is 2.31. The van der Waals surface area contributed by atoms with Gasteiger partial charge in [0.15, 0.2) is 0 Å². The van der Waals surface area contributed by atoms with E-state index in [9.17, 15) is 0 Å². The third-order valence-corrected chi connectivity index (χ3v) is 4.68. The highest BCUT2D eigenvalue weighted by molar-refractivity contribution is 7.11. The van der Waals surface area contributed by atoms with Crippen LogP contribution in [0.1, 0.15) is 33.8 Å². The van der Waals surface area contributed by atoms with E-state index in [1.54, 1.807) is 7.11 Å². The summed E-state index contributed by atoms with van der Waals surface area (Å²) in [5.41, 5.74) is 5.24. The third-order valence-electron chi connectivity index (χ3n) is 3.43. The van der Waals surface area contributed by atoms with Crippen LogP contribution < -0.4 is 16.0 Å². The van der Waals surface area contributed by atoms with Gasteiger partial charge in [-0.3, -0.25) is 11.3 Å². The molecule has 0 aliphatic rings. The van der Waals surface area contributed by atoms with Crippen LogP contribution in [0.5, 0.6) is 5.75 Å². The zero-order chi connectivity index (χ0) is 14.5. The van der Waals surface area contributed by atoms with Gasteiger partial charge in [-0.25, -0.2) is 0 Å². The zero-order valence-corrected chi connectivity index (χ0v) is 13.1. The summed E-state index contributed by atoms with van der Waals surface area (Å²) in [4.78, 5) is 2.75. The third kappa shape index (κ3) is 3.39. The maximum absolute atomic E-state index is 5.76.